The Kier molecular flexibility index (Phi) is 6.78. The number of ether oxygens (including phenoxy) is 2. The highest BCUT2D eigenvalue weighted by atomic mass is 16.5. The second-order valence-electron chi connectivity index (χ2n) is 10.4. The molecule has 1 aliphatic heterocycles. The van der Waals surface area contributed by atoms with Gasteiger partial charge in [0.2, 0.25) is 5.91 Å². The number of rotatable bonds is 6. The van der Waals surface area contributed by atoms with E-state index >= 15 is 0 Å². The fraction of sp³-hybridized carbons (Fsp3) is 0.444. The maximum Gasteiger partial charge on any atom is 0.332 e. The number of esters is 1. The second kappa shape index (κ2) is 9.12. The maximum absolute atomic E-state index is 13.9. The third-order valence-corrected chi connectivity index (χ3v) is 6.12. The topological polar surface area (TPSA) is 98.9 Å². The SMILES string of the molecule is COc1cc(C(=O)N2c3cccc(C(N)=O)c3CC2(C)C(=O)OCC(C)C)ccc1C(C)(C)C. The Labute approximate surface area is 201 Å². The van der Waals surface area contributed by atoms with Gasteiger partial charge in [0.1, 0.15) is 11.3 Å². The number of nitrogens with zero attached hydrogens (tertiary/aromatic N) is 1. The molecule has 1 aliphatic rings. The Bertz CT molecular complexity index is 1130. The van der Waals surface area contributed by atoms with Crippen molar-refractivity contribution in [3.8, 4) is 5.75 Å². The van der Waals surface area contributed by atoms with E-state index in [0.717, 1.165) is 5.56 Å². The third kappa shape index (κ3) is 4.52. The van der Waals surface area contributed by atoms with E-state index in [4.69, 9.17) is 15.2 Å². The molecule has 2 aromatic rings. The second-order valence-corrected chi connectivity index (χ2v) is 10.4. The van der Waals surface area contributed by atoms with E-state index in [1.807, 2.05) is 19.9 Å². The van der Waals surface area contributed by atoms with Crippen LogP contribution in [0.2, 0.25) is 0 Å². The number of hydrogen-bond donors (Lipinski definition) is 1. The van der Waals surface area contributed by atoms with Crippen LogP contribution in [0.3, 0.4) is 0 Å². The van der Waals surface area contributed by atoms with Crippen LogP contribution in [0.1, 0.15) is 73.4 Å². The number of amides is 2. The van der Waals surface area contributed by atoms with Crippen LogP contribution in [0.5, 0.6) is 5.75 Å². The fourth-order valence-electron chi connectivity index (χ4n) is 4.36. The van der Waals surface area contributed by atoms with Gasteiger partial charge >= 0.3 is 5.97 Å². The number of carbonyl (C=O) groups is 3. The molecule has 0 aliphatic carbocycles. The highest BCUT2D eigenvalue weighted by molar-refractivity contribution is 6.14. The van der Waals surface area contributed by atoms with Gasteiger partial charge in [-0.05, 0) is 53.6 Å². The summed E-state index contributed by atoms with van der Waals surface area (Å²) in [5, 5.41) is 0. The standard InChI is InChI=1S/C27H34N2O5/c1-16(2)15-34-25(32)27(6)14-19-18(23(28)30)9-8-10-21(19)29(27)24(31)17-11-12-20(26(3,4)5)22(13-17)33-7/h8-13,16H,14-15H2,1-7H3,(H2,28,30). The molecule has 0 saturated carbocycles. The van der Waals surface area contributed by atoms with Crippen LogP contribution >= 0.6 is 0 Å². The molecule has 0 saturated heterocycles. The molecule has 34 heavy (non-hydrogen) atoms. The molecule has 0 spiro atoms. The largest absolute Gasteiger partial charge is 0.496 e. The van der Waals surface area contributed by atoms with Crippen molar-refractivity contribution in [1.29, 1.82) is 0 Å². The number of benzene rings is 2. The van der Waals surface area contributed by atoms with E-state index < -0.39 is 17.4 Å². The number of carbonyl (C=O) groups excluding carboxylic acids is 3. The van der Waals surface area contributed by atoms with Crippen molar-refractivity contribution in [2.75, 3.05) is 18.6 Å². The van der Waals surface area contributed by atoms with Crippen LogP contribution in [0.4, 0.5) is 5.69 Å². The van der Waals surface area contributed by atoms with E-state index in [0.29, 0.717) is 22.6 Å². The van der Waals surface area contributed by atoms with E-state index in [-0.39, 0.29) is 35.8 Å². The van der Waals surface area contributed by atoms with Crippen LogP contribution in [0.15, 0.2) is 36.4 Å². The minimum atomic E-state index is -1.34. The summed E-state index contributed by atoms with van der Waals surface area (Å²) in [6.07, 6.45) is 0.126. The number of primary amides is 1. The van der Waals surface area contributed by atoms with Crippen LogP contribution in [-0.4, -0.2) is 37.0 Å². The summed E-state index contributed by atoms with van der Waals surface area (Å²) in [4.78, 5) is 40.8. The Balaban J connectivity index is 2.14. The Morgan fingerprint density at radius 2 is 1.82 bits per heavy atom. The summed E-state index contributed by atoms with van der Waals surface area (Å²) in [5.74, 6) is -0.800. The molecule has 2 amide bonds. The smallest absolute Gasteiger partial charge is 0.332 e. The van der Waals surface area contributed by atoms with Crippen molar-refractivity contribution < 1.29 is 23.9 Å². The van der Waals surface area contributed by atoms with Crippen molar-refractivity contribution in [3.63, 3.8) is 0 Å². The first-order valence-corrected chi connectivity index (χ1v) is 11.4. The summed E-state index contributed by atoms with van der Waals surface area (Å²) < 4.78 is 11.2. The molecular formula is C27H34N2O5. The molecular weight excluding hydrogens is 432 g/mol. The molecule has 3 rings (SSSR count). The van der Waals surface area contributed by atoms with Crippen molar-refractivity contribution in [2.24, 2.45) is 11.7 Å². The third-order valence-electron chi connectivity index (χ3n) is 6.12. The van der Waals surface area contributed by atoms with Crippen LogP contribution in [0, 0.1) is 5.92 Å². The molecule has 1 unspecified atom stereocenters. The molecule has 0 fully saturated rings. The number of methoxy groups -OCH3 is 1. The summed E-state index contributed by atoms with van der Waals surface area (Å²) in [7, 11) is 1.57. The Morgan fingerprint density at radius 3 is 2.38 bits per heavy atom. The summed E-state index contributed by atoms with van der Waals surface area (Å²) in [6.45, 7) is 12.0. The fourth-order valence-corrected chi connectivity index (χ4v) is 4.36. The van der Waals surface area contributed by atoms with Gasteiger partial charge in [-0.25, -0.2) is 4.79 Å². The Morgan fingerprint density at radius 1 is 1.15 bits per heavy atom. The first kappa shape index (κ1) is 25.3. The van der Waals surface area contributed by atoms with Crippen molar-refractivity contribution >= 4 is 23.5 Å². The highest BCUT2D eigenvalue weighted by Gasteiger charge is 2.51. The van der Waals surface area contributed by atoms with E-state index in [1.165, 1.54) is 4.90 Å². The van der Waals surface area contributed by atoms with E-state index in [9.17, 15) is 14.4 Å². The van der Waals surface area contributed by atoms with Gasteiger partial charge in [0.05, 0.1) is 13.7 Å². The molecule has 0 radical (unpaired) electrons. The number of nitrogens with two attached hydrogens (primary N) is 1. The quantitative estimate of drug-likeness (QED) is 0.642. The lowest BCUT2D eigenvalue weighted by Gasteiger charge is -2.34. The van der Waals surface area contributed by atoms with Gasteiger partial charge in [-0.1, -0.05) is 46.8 Å². The Hall–Kier alpha value is -3.35. The number of fused-ring (bicyclic) bond motifs is 1. The normalized spacial score (nSPS) is 17.5. The molecule has 7 nitrogen and oxygen atoms in total. The predicted molar refractivity (Wildman–Crippen MR) is 131 cm³/mol. The average molecular weight is 467 g/mol. The van der Waals surface area contributed by atoms with Gasteiger partial charge in [0.15, 0.2) is 0 Å². The van der Waals surface area contributed by atoms with Gasteiger partial charge in [-0.2, -0.15) is 0 Å². The van der Waals surface area contributed by atoms with Gasteiger partial charge < -0.3 is 15.2 Å². The molecule has 1 heterocycles. The number of hydrogen-bond acceptors (Lipinski definition) is 5. The van der Waals surface area contributed by atoms with Gasteiger partial charge in [-0.15, -0.1) is 0 Å². The number of anilines is 1. The maximum atomic E-state index is 13.9. The zero-order valence-electron chi connectivity index (χ0n) is 21.0. The first-order valence-electron chi connectivity index (χ1n) is 11.4. The predicted octanol–water partition coefficient (Wildman–Crippen LogP) is 4.25. The van der Waals surface area contributed by atoms with Crippen LogP contribution in [-0.2, 0) is 21.4 Å². The van der Waals surface area contributed by atoms with Gasteiger partial charge in [-0.3, -0.25) is 14.5 Å². The van der Waals surface area contributed by atoms with Crippen molar-refractivity contribution in [1.82, 2.24) is 0 Å². The minimum Gasteiger partial charge on any atom is -0.496 e. The van der Waals surface area contributed by atoms with Crippen molar-refractivity contribution in [2.45, 2.75) is 58.9 Å². The monoisotopic (exact) mass is 466 g/mol. The zero-order valence-corrected chi connectivity index (χ0v) is 21.0. The molecule has 2 aromatic carbocycles. The summed E-state index contributed by atoms with van der Waals surface area (Å²) >= 11 is 0. The molecule has 2 N–H and O–H groups in total. The summed E-state index contributed by atoms with van der Waals surface area (Å²) in [6, 6.07) is 10.3. The van der Waals surface area contributed by atoms with Gasteiger partial charge in [0, 0.05) is 23.2 Å². The minimum absolute atomic E-state index is 0.126. The molecule has 1 atom stereocenters. The lowest BCUT2D eigenvalue weighted by Crippen LogP contribution is -2.54. The zero-order chi connectivity index (χ0) is 25.4. The van der Waals surface area contributed by atoms with Crippen molar-refractivity contribution in [3.05, 3.63) is 58.7 Å². The molecule has 0 aromatic heterocycles. The van der Waals surface area contributed by atoms with Crippen LogP contribution in [0.25, 0.3) is 0 Å². The molecule has 7 heteroatoms. The highest BCUT2D eigenvalue weighted by Crippen LogP contribution is 2.43. The summed E-state index contributed by atoms with van der Waals surface area (Å²) in [5.41, 5.74) is 6.74. The van der Waals surface area contributed by atoms with Crippen LogP contribution < -0.4 is 15.4 Å². The molecule has 182 valence electrons. The van der Waals surface area contributed by atoms with E-state index in [2.05, 4.69) is 20.8 Å². The van der Waals surface area contributed by atoms with E-state index in [1.54, 1.807) is 44.4 Å². The average Bonchev–Trinajstić information content (AvgIpc) is 3.08. The first-order chi connectivity index (χ1) is 15.8. The molecule has 0 bridgehead atoms. The lowest BCUT2D eigenvalue weighted by molar-refractivity contribution is -0.150. The van der Waals surface area contributed by atoms with Gasteiger partial charge in [0.25, 0.3) is 5.91 Å². The lowest BCUT2D eigenvalue weighted by atomic mass is 9.85.